The molecule has 2 atom stereocenters. The third-order valence-corrected chi connectivity index (χ3v) is 4.21. The Kier molecular flexibility index (Phi) is 2.55. The van der Waals surface area contributed by atoms with E-state index in [-0.39, 0.29) is 5.82 Å². The number of imidazole rings is 1. The number of nitrogens with one attached hydrogen (secondary N) is 2. The van der Waals surface area contributed by atoms with Gasteiger partial charge in [0.05, 0.1) is 17.1 Å². The molecule has 3 aliphatic rings. The largest absolute Gasteiger partial charge is 0.341 e. The zero-order valence-electron chi connectivity index (χ0n) is 10.3. The lowest BCUT2D eigenvalue weighted by molar-refractivity contribution is 0.0710. The highest BCUT2D eigenvalue weighted by Gasteiger charge is 2.36. The predicted molar refractivity (Wildman–Crippen MR) is 71.7 cm³/mol. The van der Waals surface area contributed by atoms with Crippen molar-refractivity contribution in [1.29, 1.82) is 0 Å². The molecule has 1 aromatic heterocycles. The first-order chi connectivity index (χ1) is 9.17. The number of H-pyrrole nitrogens is 1. The minimum absolute atomic E-state index is 0.337. The Hall–Kier alpha value is -1.17. The fourth-order valence-electron chi connectivity index (χ4n) is 3.11. The van der Waals surface area contributed by atoms with Crippen LogP contribution in [0.5, 0.6) is 0 Å². The second kappa shape index (κ2) is 4.16. The maximum atomic E-state index is 13.3. The Balaban J connectivity index is 1.59. The molecule has 2 unspecified atom stereocenters. The standard InChI is InChI=1S/C13H14ClFN4/c14-10-1-7(15)2-11-13(10)18-12(17-11)6-19-4-8-3-9(5-19)16-8/h1-2,8-9,16H,3-6H2,(H,17,18). The summed E-state index contributed by atoms with van der Waals surface area (Å²) >= 11 is 6.00. The van der Waals surface area contributed by atoms with Crippen molar-refractivity contribution < 1.29 is 4.39 Å². The molecule has 6 heteroatoms. The second-order valence-corrected chi connectivity index (χ2v) is 5.86. The molecule has 5 rings (SSSR count). The molecule has 2 bridgehead atoms. The lowest BCUT2D eigenvalue weighted by Crippen LogP contribution is -2.66. The lowest BCUT2D eigenvalue weighted by Gasteiger charge is -2.48. The summed E-state index contributed by atoms with van der Waals surface area (Å²) in [7, 11) is 0. The van der Waals surface area contributed by atoms with Gasteiger partial charge in [-0.1, -0.05) is 11.6 Å². The summed E-state index contributed by atoms with van der Waals surface area (Å²) < 4.78 is 13.3. The van der Waals surface area contributed by atoms with Gasteiger partial charge < -0.3 is 10.3 Å². The summed E-state index contributed by atoms with van der Waals surface area (Å²) in [5.74, 6) is 0.514. The molecule has 19 heavy (non-hydrogen) atoms. The van der Waals surface area contributed by atoms with Gasteiger partial charge in [0, 0.05) is 25.2 Å². The summed E-state index contributed by atoms with van der Waals surface area (Å²) in [6.45, 7) is 2.87. The van der Waals surface area contributed by atoms with Crippen molar-refractivity contribution >= 4 is 22.6 Å². The third-order valence-electron chi connectivity index (χ3n) is 3.92. The van der Waals surface area contributed by atoms with E-state index in [1.165, 1.54) is 18.6 Å². The maximum Gasteiger partial charge on any atom is 0.126 e. The first kappa shape index (κ1) is 11.6. The van der Waals surface area contributed by atoms with Gasteiger partial charge >= 0.3 is 0 Å². The molecule has 0 spiro atoms. The first-order valence-corrected chi connectivity index (χ1v) is 6.87. The van der Waals surface area contributed by atoms with Crippen LogP contribution in [0, 0.1) is 5.82 Å². The van der Waals surface area contributed by atoms with Crippen molar-refractivity contribution in [3.63, 3.8) is 0 Å². The summed E-state index contributed by atoms with van der Waals surface area (Å²) in [5.41, 5.74) is 1.32. The Morgan fingerprint density at radius 3 is 2.84 bits per heavy atom. The third kappa shape index (κ3) is 2.02. The highest BCUT2D eigenvalue weighted by atomic mass is 35.5. The Labute approximate surface area is 114 Å². The minimum Gasteiger partial charge on any atom is -0.341 e. The molecule has 0 radical (unpaired) electrons. The quantitative estimate of drug-likeness (QED) is 0.883. The van der Waals surface area contributed by atoms with Crippen molar-refractivity contribution in [1.82, 2.24) is 20.2 Å². The lowest BCUT2D eigenvalue weighted by atomic mass is 9.91. The van der Waals surface area contributed by atoms with E-state index < -0.39 is 0 Å². The molecule has 100 valence electrons. The average Bonchev–Trinajstić information content (AvgIpc) is 2.70. The fourth-order valence-corrected chi connectivity index (χ4v) is 3.36. The average molecular weight is 281 g/mol. The molecule has 2 N–H and O–H groups in total. The van der Waals surface area contributed by atoms with Crippen LogP contribution in [0.3, 0.4) is 0 Å². The Morgan fingerprint density at radius 1 is 1.37 bits per heavy atom. The van der Waals surface area contributed by atoms with E-state index >= 15 is 0 Å². The van der Waals surface area contributed by atoms with Gasteiger partial charge in [-0.3, -0.25) is 4.90 Å². The van der Waals surface area contributed by atoms with Crippen LogP contribution in [0.2, 0.25) is 5.02 Å². The molecule has 4 nitrogen and oxygen atoms in total. The first-order valence-electron chi connectivity index (χ1n) is 6.49. The van der Waals surface area contributed by atoms with Gasteiger partial charge in [0.25, 0.3) is 0 Å². The Morgan fingerprint density at radius 2 is 2.11 bits per heavy atom. The van der Waals surface area contributed by atoms with E-state index in [9.17, 15) is 4.39 Å². The summed E-state index contributed by atoms with van der Waals surface area (Å²) in [6.07, 6.45) is 1.29. The minimum atomic E-state index is -0.337. The van der Waals surface area contributed by atoms with Crippen LogP contribution in [0.15, 0.2) is 12.1 Å². The van der Waals surface area contributed by atoms with E-state index in [2.05, 4.69) is 20.2 Å². The van der Waals surface area contributed by atoms with Crippen LogP contribution in [0.25, 0.3) is 11.0 Å². The van der Waals surface area contributed by atoms with E-state index in [0.717, 1.165) is 25.5 Å². The summed E-state index contributed by atoms with van der Waals surface area (Å²) in [6, 6.07) is 4.00. The van der Waals surface area contributed by atoms with Gasteiger partial charge in [-0.25, -0.2) is 9.37 Å². The maximum absolute atomic E-state index is 13.3. The number of benzene rings is 1. The second-order valence-electron chi connectivity index (χ2n) is 5.46. The number of halogens is 2. The van der Waals surface area contributed by atoms with Gasteiger partial charge in [-0.2, -0.15) is 0 Å². The molecule has 0 aliphatic carbocycles. The van der Waals surface area contributed by atoms with Gasteiger partial charge in [0.15, 0.2) is 0 Å². The van der Waals surface area contributed by atoms with Crippen LogP contribution in [0.4, 0.5) is 4.39 Å². The number of piperazine rings is 1. The predicted octanol–water partition coefficient (Wildman–Crippen LogP) is 1.90. The van der Waals surface area contributed by atoms with Crippen molar-refractivity contribution in [3.05, 3.63) is 28.8 Å². The van der Waals surface area contributed by atoms with Crippen LogP contribution < -0.4 is 5.32 Å². The van der Waals surface area contributed by atoms with Crippen molar-refractivity contribution in [3.8, 4) is 0 Å². The highest BCUT2D eigenvalue weighted by Crippen LogP contribution is 2.25. The smallest absolute Gasteiger partial charge is 0.126 e. The fraction of sp³-hybridized carbons (Fsp3) is 0.462. The number of hydrogen-bond donors (Lipinski definition) is 2. The van der Waals surface area contributed by atoms with Gasteiger partial charge in [0.1, 0.15) is 17.2 Å². The van der Waals surface area contributed by atoms with Crippen molar-refractivity contribution in [2.75, 3.05) is 13.1 Å². The number of aromatic amines is 1. The number of fused-ring (bicyclic) bond motifs is 3. The van der Waals surface area contributed by atoms with E-state index in [4.69, 9.17) is 11.6 Å². The van der Waals surface area contributed by atoms with Crippen LogP contribution in [-0.2, 0) is 6.54 Å². The molecule has 0 amide bonds. The summed E-state index contributed by atoms with van der Waals surface area (Å²) in [4.78, 5) is 10.00. The normalized spacial score (nSPS) is 26.6. The summed E-state index contributed by atoms with van der Waals surface area (Å²) in [5, 5.41) is 3.86. The van der Waals surface area contributed by atoms with Crippen LogP contribution in [-0.4, -0.2) is 40.0 Å². The van der Waals surface area contributed by atoms with Crippen LogP contribution in [0.1, 0.15) is 12.2 Å². The SMILES string of the molecule is Fc1cc(Cl)c2nc(CN3CC4CC(C3)N4)[nH]c2c1. The van der Waals surface area contributed by atoms with E-state index in [0.29, 0.717) is 28.1 Å². The molecule has 3 aliphatic heterocycles. The van der Waals surface area contributed by atoms with Gasteiger partial charge in [-0.15, -0.1) is 0 Å². The number of rotatable bonds is 2. The van der Waals surface area contributed by atoms with Gasteiger partial charge in [-0.05, 0) is 18.6 Å². The zero-order chi connectivity index (χ0) is 13.0. The molecule has 2 aromatic rings. The molecule has 1 aromatic carbocycles. The molecule has 3 saturated heterocycles. The zero-order valence-corrected chi connectivity index (χ0v) is 11.0. The topological polar surface area (TPSA) is 44.0 Å². The highest BCUT2D eigenvalue weighted by molar-refractivity contribution is 6.34. The number of aromatic nitrogens is 2. The number of piperidine rings is 1. The molecular formula is C13H14ClFN4. The van der Waals surface area contributed by atoms with Crippen LogP contribution >= 0.6 is 11.6 Å². The molecule has 4 heterocycles. The molecular weight excluding hydrogens is 267 g/mol. The number of nitrogens with zero attached hydrogens (tertiary/aromatic N) is 2. The Bertz CT molecular complexity index is 625. The monoisotopic (exact) mass is 280 g/mol. The van der Waals surface area contributed by atoms with E-state index in [1.807, 2.05) is 0 Å². The molecule has 3 fully saturated rings. The molecule has 0 saturated carbocycles. The van der Waals surface area contributed by atoms with Crippen molar-refractivity contribution in [2.45, 2.75) is 25.0 Å². The number of hydrogen-bond acceptors (Lipinski definition) is 3. The van der Waals surface area contributed by atoms with Gasteiger partial charge in [0.2, 0.25) is 0 Å². The van der Waals surface area contributed by atoms with Crippen molar-refractivity contribution in [2.24, 2.45) is 0 Å². The van der Waals surface area contributed by atoms with E-state index in [1.54, 1.807) is 0 Å².